The van der Waals surface area contributed by atoms with E-state index in [1.54, 1.807) is 11.7 Å². The number of nitrogens with one attached hydrogen (secondary N) is 2. The van der Waals surface area contributed by atoms with Crippen molar-refractivity contribution in [2.75, 3.05) is 12.4 Å². The van der Waals surface area contributed by atoms with E-state index in [-0.39, 0.29) is 17.1 Å². The average Bonchev–Trinajstić information content (AvgIpc) is 3.02. The van der Waals surface area contributed by atoms with E-state index in [2.05, 4.69) is 20.3 Å². The van der Waals surface area contributed by atoms with Crippen LogP contribution in [0.5, 0.6) is 11.5 Å². The van der Waals surface area contributed by atoms with Crippen LogP contribution in [0.25, 0.3) is 38.6 Å². The second-order valence-corrected chi connectivity index (χ2v) is 11.0. The fourth-order valence-corrected chi connectivity index (χ4v) is 5.86. The SMILES string of the molecule is COc1cc(OC(C)C)cc(-c2cccc3c(Cl)c([C@H](C)Nc4ncnc5[nH]ccc(=O)c45)n(-c4ccccc4)c(=O)c23)c1. The zero-order valence-electron chi connectivity index (χ0n) is 24.6. The van der Waals surface area contributed by atoms with Gasteiger partial charge in [0.2, 0.25) is 0 Å². The third-order valence-corrected chi connectivity index (χ3v) is 7.71. The molecule has 10 heteroatoms. The number of halogens is 1. The molecule has 0 saturated heterocycles. The van der Waals surface area contributed by atoms with Gasteiger partial charge in [-0.2, -0.15) is 0 Å². The highest BCUT2D eigenvalue weighted by Gasteiger charge is 2.24. The van der Waals surface area contributed by atoms with Crippen LogP contribution in [0.4, 0.5) is 5.82 Å². The lowest BCUT2D eigenvalue weighted by Crippen LogP contribution is -2.27. The maximum atomic E-state index is 14.7. The number of aromatic amines is 1. The molecule has 0 saturated carbocycles. The number of ether oxygens (including phenoxy) is 2. The van der Waals surface area contributed by atoms with Crippen molar-refractivity contribution in [3.8, 4) is 28.3 Å². The van der Waals surface area contributed by atoms with Crippen molar-refractivity contribution >= 4 is 39.2 Å². The number of benzene rings is 3. The summed E-state index contributed by atoms with van der Waals surface area (Å²) in [7, 11) is 1.59. The lowest BCUT2D eigenvalue weighted by molar-refractivity contribution is 0.241. The number of rotatable bonds is 8. The molecular formula is C34H30ClN5O4. The van der Waals surface area contributed by atoms with E-state index >= 15 is 0 Å². The number of pyridine rings is 2. The standard InChI is InChI=1S/C34H30ClN5O4/c1-19(2)44-24-16-21(15-23(17-24)43-4)25-11-8-12-26-28(25)34(42)40(22-9-6-5-7-10-22)31(30(26)35)20(3)39-33-29-27(41)13-14-36-32(29)37-18-38-33/h5-20H,1-4H3,(H2,36,37,38,39,41)/t20-/m0/s1. The lowest BCUT2D eigenvalue weighted by atomic mass is 9.97. The minimum absolute atomic E-state index is 0.0497. The van der Waals surface area contributed by atoms with E-state index in [4.69, 9.17) is 21.1 Å². The number of H-pyrrole nitrogens is 1. The molecule has 0 aliphatic rings. The predicted molar refractivity (Wildman–Crippen MR) is 175 cm³/mol. The van der Waals surface area contributed by atoms with Crippen molar-refractivity contribution in [3.05, 3.63) is 117 Å². The number of para-hydroxylation sites is 1. The first-order valence-electron chi connectivity index (χ1n) is 14.1. The molecule has 0 bridgehead atoms. The van der Waals surface area contributed by atoms with E-state index in [1.807, 2.05) is 87.5 Å². The zero-order valence-corrected chi connectivity index (χ0v) is 25.3. The van der Waals surface area contributed by atoms with Crippen molar-refractivity contribution in [3.63, 3.8) is 0 Å². The normalized spacial score (nSPS) is 12.0. The molecule has 0 amide bonds. The van der Waals surface area contributed by atoms with Crippen molar-refractivity contribution in [1.29, 1.82) is 0 Å². The van der Waals surface area contributed by atoms with Gasteiger partial charge in [0.05, 0.1) is 35.4 Å². The summed E-state index contributed by atoms with van der Waals surface area (Å²) in [5.74, 6) is 1.56. The molecule has 222 valence electrons. The first-order chi connectivity index (χ1) is 21.3. The predicted octanol–water partition coefficient (Wildman–Crippen LogP) is 6.91. The number of fused-ring (bicyclic) bond motifs is 2. The van der Waals surface area contributed by atoms with E-state index in [1.165, 1.54) is 18.6 Å². The van der Waals surface area contributed by atoms with E-state index < -0.39 is 6.04 Å². The summed E-state index contributed by atoms with van der Waals surface area (Å²) in [6, 6.07) is 21.4. The van der Waals surface area contributed by atoms with Crippen LogP contribution >= 0.6 is 11.6 Å². The maximum Gasteiger partial charge on any atom is 0.263 e. The van der Waals surface area contributed by atoms with Crippen molar-refractivity contribution in [2.45, 2.75) is 32.9 Å². The summed E-state index contributed by atoms with van der Waals surface area (Å²) in [5, 5.41) is 5.06. The highest BCUT2D eigenvalue weighted by atomic mass is 35.5. The van der Waals surface area contributed by atoms with Crippen molar-refractivity contribution in [2.24, 2.45) is 0 Å². The largest absolute Gasteiger partial charge is 0.497 e. The quantitative estimate of drug-likeness (QED) is 0.193. The van der Waals surface area contributed by atoms with E-state index in [0.717, 1.165) is 5.56 Å². The van der Waals surface area contributed by atoms with Gasteiger partial charge in [0, 0.05) is 29.4 Å². The van der Waals surface area contributed by atoms with Gasteiger partial charge in [0.1, 0.15) is 34.7 Å². The fourth-order valence-electron chi connectivity index (χ4n) is 5.46. The number of anilines is 1. The molecule has 0 unspecified atom stereocenters. The van der Waals surface area contributed by atoms with Gasteiger partial charge in [0.25, 0.3) is 5.56 Å². The Morgan fingerprint density at radius 1 is 0.909 bits per heavy atom. The molecule has 0 aliphatic heterocycles. The van der Waals surface area contributed by atoms with Crippen LogP contribution in [-0.2, 0) is 0 Å². The number of methoxy groups -OCH3 is 1. The van der Waals surface area contributed by atoms with Gasteiger partial charge >= 0.3 is 0 Å². The molecule has 2 N–H and O–H groups in total. The van der Waals surface area contributed by atoms with Crippen molar-refractivity contribution < 1.29 is 9.47 Å². The van der Waals surface area contributed by atoms with Gasteiger partial charge in [-0.1, -0.05) is 48.0 Å². The second kappa shape index (κ2) is 11.9. The molecule has 3 aromatic carbocycles. The number of hydrogen-bond donors (Lipinski definition) is 2. The zero-order chi connectivity index (χ0) is 31.0. The van der Waals surface area contributed by atoms with E-state index in [9.17, 15) is 9.59 Å². The summed E-state index contributed by atoms with van der Waals surface area (Å²) in [5.41, 5.74) is 2.50. The van der Waals surface area contributed by atoms with Gasteiger partial charge in [-0.3, -0.25) is 14.2 Å². The third-order valence-electron chi connectivity index (χ3n) is 7.31. The fraction of sp³-hybridized carbons (Fsp3) is 0.176. The van der Waals surface area contributed by atoms with Gasteiger partial charge in [-0.25, -0.2) is 9.97 Å². The summed E-state index contributed by atoms with van der Waals surface area (Å²) in [6.45, 7) is 5.78. The molecule has 6 aromatic rings. The third kappa shape index (κ3) is 5.26. The van der Waals surface area contributed by atoms with Crippen LogP contribution in [0, 0.1) is 0 Å². The Morgan fingerprint density at radius 2 is 1.68 bits per heavy atom. The minimum Gasteiger partial charge on any atom is -0.497 e. The molecule has 0 spiro atoms. The molecular weight excluding hydrogens is 578 g/mol. The first kappa shape index (κ1) is 28.9. The minimum atomic E-state index is -0.552. The summed E-state index contributed by atoms with van der Waals surface area (Å²) < 4.78 is 13.2. The van der Waals surface area contributed by atoms with Crippen LogP contribution in [-0.4, -0.2) is 32.7 Å². The average molecular weight is 608 g/mol. The Balaban J connectivity index is 1.60. The highest BCUT2D eigenvalue weighted by Crippen LogP contribution is 2.38. The Labute approximate surface area is 258 Å². The Kier molecular flexibility index (Phi) is 7.80. The Bertz CT molecular complexity index is 2120. The summed E-state index contributed by atoms with van der Waals surface area (Å²) in [4.78, 5) is 39.0. The number of aromatic nitrogens is 4. The molecule has 0 aliphatic carbocycles. The van der Waals surface area contributed by atoms with Gasteiger partial charge in [0.15, 0.2) is 5.43 Å². The van der Waals surface area contributed by atoms with Crippen molar-refractivity contribution in [1.82, 2.24) is 19.5 Å². The van der Waals surface area contributed by atoms with E-state index in [0.29, 0.717) is 61.1 Å². The summed E-state index contributed by atoms with van der Waals surface area (Å²) >= 11 is 7.25. The first-order valence-corrected chi connectivity index (χ1v) is 14.5. The molecule has 0 radical (unpaired) electrons. The van der Waals surface area contributed by atoms with Gasteiger partial charge < -0.3 is 19.8 Å². The topological polar surface area (TPSA) is 111 Å². The molecule has 3 aromatic heterocycles. The van der Waals surface area contributed by atoms with Crippen LogP contribution in [0.15, 0.2) is 94.9 Å². The number of hydrogen-bond acceptors (Lipinski definition) is 7. The molecule has 6 rings (SSSR count). The van der Waals surface area contributed by atoms with Gasteiger partial charge in [-0.05, 0) is 56.2 Å². The summed E-state index contributed by atoms with van der Waals surface area (Å²) in [6.07, 6.45) is 2.86. The van der Waals surface area contributed by atoms with Crippen LogP contribution < -0.4 is 25.8 Å². The molecule has 44 heavy (non-hydrogen) atoms. The molecule has 3 heterocycles. The smallest absolute Gasteiger partial charge is 0.263 e. The molecule has 1 atom stereocenters. The number of nitrogens with zero attached hydrogens (tertiary/aromatic N) is 3. The lowest BCUT2D eigenvalue weighted by Gasteiger charge is -2.24. The Morgan fingerprint density at radius 3 is 2.43 bits per heavy atom. The monoisotopic (exact) mass is 607 g/mol. The molecule has 0 fully saturated rings. The van der Waals surface area contributed by atoms with Crippen LogP contribution in [0.1, 0.15) is 32.5 Å². The molecule has 9 nitrogen and oxygen atoms in total. The van der Waals surface area contributed by atoms with Gasteiger partial charge in [-0.15, -0.1) is 0 Å². The maximum absolute atomic E-state index is 14.7. The Hall–Kier alpha value is -5.15. The highest BCUT2D eigenvalue weighted by molar-refractivity contribution is 6.36. The van der Waals surface area contributed by atoms with Crippen LogP contribution in [0.3, 0.4) is 0 Å². The second-order valence-electron chi connectivity index (χ2n) is 10.6. The van der Waals surface area contributed by atoms with Crippen LogP contribution in [0.2, 0.25) is 5.02 Å².